The summed E-state index contributed by atoms with van der Waals surface area (Å²) in [5, 5.41) is 1.21. The molecule has 0 saturated heterocycles. The Morgan fingerprint density at radius 1 is 1.08 bits per heavy atom. The van der Waals surface area contributed by atoms with Gasteiger partial charge in [0.05, 0.1) is 0 Å². The van der Waals surface area contributed by atoms with Gasteiger partial charge in [0, 0.05) is 52.8 Å². The zero-order chi connectivity index (χ0) is 17.4. The molecule has 2 aromatic carbocycles. The van der Waals surface area contributed by atoms with Crippen LogP contribution in [-0.2, 0) is 6.54 Å². The van der Waals surface area contributed by atoms with Gasteiger partial charge in [-0.3, -0.25) is 4.90 Å². The first-order chi connectivity index (χ1) is 12.1. The number of aromatic nitrogens is 1. The van der Waals surface area contributed by atoms with Crippen LogP contribution in [0.3, 0.4) is 0 Å². The van der Waals surface area contributed by atoms with Gasteiger partial charge >= 0.3 is 0 Å². The maximum atomic E-state index is 13.3. The molecule has 0 unspecified atom stereocenters. The Labute approximate surface area is 153 Å². The summed E-state index contributed by atoms with van der Waals surface area (Å²) in [7, 11) is 0. The van der Waals surface area contributed by atoms with E-state index in [0.717, 1.165) is 35.6 Å². The normalized spacial score (nSPS) is 15.6. The zero-order valence-electron chi connectivity index (χ0n) is 13.5. The smallest absolute Gasteiger partial charge is 0.126 e. The fourth-order valence-corrected chi connectivity index (χ4v) is 3.78. The molecule has 0 aliphatic carbocycles. The standard InChI is InChI=1S/C20H17BrF2N2/c21-15-1-2-20-18(9-15)19(11-24-20)14-3-5-25(6-4-14)12-13-7-16(22)10-17(23)8-13/h1-3,7-11,24H,4-6,12H2. The third kappa shape index (κ3) is 3.53. The molecule has 0 saturated carbocycles. The summed E-state index contributed by atoms with van der Waals surface area (Å²) in [5.74, 6) is -1.04. The molecule has 0 radical (unpaired) electrons. The summed E-state index contributed by atoms with van der Waals surface area (Å²) in [6, 6.07) is 9.94. The Balaban J connectivity index is 1.52. The number of halogens is 3. The van der Waals surface area contributed by atoms with Crippen LogP contribution in [0.4, 0.5) is 8.78 Å². The van der Waals surface area contributed by atoms with Gasteiger partial charge < -0.3 is 4.98 Å². The van der Waals surface area contributed by atoms with Gasteiger partial charge in [0.1, 0.15) is 11.6 Å². The fraction of sp³-hybridized carbons (Fsp3) is 0.200. The molecule has 4 rings (SSSR count). The van der Waals surface area contributed by atoms with Crippen molar-refractivity contribution in [1.82, 2.24) is 9.88 Å². The quantitative estimate of drug-likeness (QED) is 0.612. The molecule has 2 nitrogen and oxygen atoms in total. The van der Waals surface area contributed by atoms with E-state index in [1.165, 1.54) is 28.7 Å². The Hall–Kier alpha value is -1.98. The number of rotatable bonds is 3. The topological polar surface area (TPSA) is 19.0 Å². The highest BCUT2D eigenvalue weighted by molar-refractivity contribution is 9.10. The monoisotopic (exact) mass is 402 g/mol. The lowest BCUT2D eigenvalue weighted by Gasteiger charge is -2.26. The summed E-state index contributed by atoms with van der Waals surface area (Å²) < 4.78 is 27.7. The van der Waals surface area contributed by atoms with E-state index < -0.39 is 11.6 Å². The van der Waals surface area contributed by atoms with Crippen LogP contribution in [-0.4, -0.2) is 23.0 Å². The van der Waals surface area contributed by atoms with E-state index in [1.807, 2.05) is 6.07 Å². The zero-order valence-corrected chi connectivity index (χ0v) is 15.1. The molecular weight excluding hydrogens is 386 g/mol. The fourth-order valence-electron chi connectivity index (χ4n) is 3.42. The van der Waals surface area contributed by atoms with Crippen molar-refractivity contribution < 1.29 is 8.78 Å². The van der Waals surface area contributed by atoms with Crippen molar-refractivity contribution in [1.29, 1.82) is 0 Å². The van der Waals surface area contributed by atoms with E-state index in [0.29, 0.717) is 12.1 Å². The van der Waals surface area contributed by atoms with Crippen molar-refractivity contribution in [2.75, 3.05) is 13.1 Å². The van der Waals surface area contributed by atoms with E-state index in [1.54, 1.807) is 0 Å². The molecule has 0 spiro atoms. The lowest BCUT2D eigenvalue weighted by Crippen LogP contribution is -2.28. The van der Waals surface area contributed by atoms with Gasteiger partial charge in [0.15, 0.2) is 0 Å². The van der Waals surface area contributed by atoms with Gasteiger partial charge in [0.2, 0.25) is 0 Å². The molecule has 0 atom stereocenters. The molecule has 1 N–H and O–H groups in total. The van der Waals surface area contributed by atoms with Crippen LogP contribution in [0.2, 0.25) is 0 Å². The van der Waals surface area contributed by atoms with E-state index >= 15 is 0 Å². The first kappa shape index (κ1) is 16.5. The third-order valence-electron chi connectivity index (χ3n) is 4.61. The summed E-state index contributed by atoms with van der Waals surface area (Å²) in [5.41, 5.74) is 4.33. The molecule has 0 fully saturated rings. The third-order valence-corrected chi connectivity index (χ3v) is 5.10. The average Bonchev–Trinajstić information content (AvgIpc) is 2.97. The largest absolute Gasteiger partial charge is 0.361 e. The lowest BCUT2D eigenvalue weighted by molar-refractivity contribution is 0.293. The Kier molecular flexibility index (Phi) is 4.44. The number of nitrogens with zero attached hydrogens (tertiary/aromatic N) is 1. The van der Waals surface area contributed by atoms with Crippen molar-refractivity contribution in [2.24, 2.45) is 0 Å². The van der Waals surface area contributed by atoms with Crippen LogP contribution in [0.1, 0.15) is 17.5 Å². The molecule has 5 heteroatoms. The number of hydrogen-bond donors (Lipinski definition) is 1. The van der Waals surface area contributed by atoms with Crippen LogP contribution in [0.5, 0.6) is 0 Å². The van der Waals surface area contributed by atoms with E-state index in [9.17, 15) is 8.78 Å². The Morgan fingerprint density at radius 3 is 2.60 bits per heavy atom. The highest BCUT2D eigenvalue weighted by atomic mass is 79.9. The molecule has 0 bridgehead atoms. The summed E-state index contributed by atoms with van der Waals surface area (Å²) in [6.07, 6.45) is 5.18. The summed E-state index contributed by atoms with van der Waals surface area (Å²) in [6.45, 7) is 2.19. The Morgan fingerprint density at radius 2 is 1.88 bits per heavy atom. The molecule has 1 aliphatic heterocycles. The highest BCUT2D eigenvalue weighted by Gasteiger charge is 2.16. The highest BCUT2D eigenvalue weighted by Crippen LogP contribution is 2.31. The van der Waals surface area contributed by atoms with Crippen molar-refractivity contribution in [3.8, 4) is 0 Å². The number of fused-ring (bicyclic) bond motifs is 1. The van der Waals surface area contributed by atoms with Crippen molar-refractivity contribution >= 4 is 32.4 Å². The van der Waals surface area contributed by atoms with Crippen molar-refractivity contribution in [3.05, 3.63) is 75.9 Å². The van der Waals surface area contributed by atoms with Gasteiger partial charge in [-0.1, -0.05) is 22.0 Å². The molecular formula is C20H17BrF2N2. The SMILES string of the molecule is Fc1cc(F)cc(CN2CC=C(c3c[nH]c4ccc(Br)cc34)CC2)c1. The maximum absolute atomic E-state index is 13.3. The average molecular weight is 403 g/mol. The molecule has 1 aromatic heterocycles. The minimum Gasteiger partial charge on any atom is -0.361 e. The van der Waals surface area contributed by atoms with Crippen LogP contribution in [0.15, 0.2) is 53.1 Å². The first-order valence-electron chi connectivity index (χ1n) is 8.22. The van der Waals surface area contributed by atoms with Crippen molar-refractivity contribution in [3.63, 3.8) is 0 Å². The van der Waals surface area contributed by atoms with E-state index in [2.05, 4.69) is 50.2 Å². The lowest BCUT2D eigenvalue weighted by atomic mass is 9.98. The maximum Gasteiger partial charge on any atom is 0.126 e. The molecule has 128 valence electrons. The van der Waals surface area contributed by atoms with Crippen molar-refractivity contribution in [2.45, 2.75) is 13.0 Å². The summed E-state index contributed by atoms with van der Waals surface area (Å²) >= 11 is 3.53. The molecule has 2 heterocycles. The minimum atomic E-state index is -0.521. The molecule has 25 heavy (non-hydrogen) atoms. The van der Waals surface area contributed by atoms with Crippen LogP contribution < -0.4 is 0 Å². The second-order valence-corrected chi connectivity index (χ2v) is 7.30. The molecule has 0 amide bonds. The molecule has 3 aromatic rings. The van der Waals surface area contributed by atoms with E-state index in [4.69, 9.17) is 0 Å². The number of hydrogen-bond acceptors (Lipinski definition) is 1. The van der Waals surface area contributed by atoms with Gasteiger partial charge in [-0.2, -0.15) is 0 Å². The Bertz CT molecular complexity index is 941. The number of aromatic amines is 1. The molecule has 1 aliphatic rings. The van der Waals surface area contributed by atoms with Gasteiger partial charge in [-0.25, -0.2) is 8.78 Å². The number of H-pyrrole nitrogens is 1. The minimum absolute atomic E-state index is 0.521. The number of benzene rings is 2. The van der Waals surface area contributed by atoms with E-state index in [-0.39, 0.29) is 0 Å². The van der Waals surface area contributed by atoms with Gasteiger partial charge in [-0.15, -0.1) is 0 Å². The summed E-state index contributed by atoms with van der Waals surface area (Å²) in [4.78, 5) is 5.51. The second-order valence-electron chi connectivity index (χ2n) is 6.38. The second kappa shape index (κ2) is 6.73. The van der Waals surface area contributed by atoms with Crippen LogP contribution >= 0.6 is 15.9 Å². The predicted octanol–water partition coefficient (Wildman–Crippen LogP) is 5.50. The van der Waals surface area contributed by atoms with Crippen LogP contribution in [0, 0.1) is 11.6 Å². The predicted molar refractivity (Wildman–Crippen MR) is 100 cm³/mol. The van der Waals surface area contributed by atoms with Crippen LogP contribution in [0.25, 0.3) is 16.5 Å². The van der Waals surface area contributed by atoms with Gasteiger partial charge in [0.25, 0.3) is 0 Å². The first-order valence-corrected chi connectivity index (χ1v) is 9.01. The van der Waals surface area contributed by atoms with Gasteiger partial charge in [-0.05, 0) is 47.9 Å². The number of nitrogens with one attached hydrogen (secondary N) is 1.